The molecule has 0 spiro atoms. The van der Waals surface area contributed by atoms with Crippen LogP contribution in [0.5, 0.6) is 5.75 Å². The van der Waals surface area contributed by atoms with E-state index >= 15 is 0 Å². The second kappa shape index (κ2) is 5.68. The van der Waals surface area contributed by atoms with E-state index in [-0.39, 0.29) is 5.91 Å². The van der Waals surface area contributed by atoms with Crippen LogP contribution in [0.2, 0.25) is 0 Å². The molecule has 1 aliphatic heterocycles. The lowest BCUT2D eigenvalue weighted by Gasteiger charge is -2.36. The second-order valence-electron chi connectivity index (χ2n) is 6.20. The molecule has 3 rings (SSSR count). The van der Waals surface area contributed by atoms with Gasteiger partial charge in [0.1, 0.15) is 5.75 Å². The molecule has 1 amide bonds. The molecule has 4 heteroatoms. The van der Waals surface area contributed by atoms with E-state index in [1.807, 2.05) is 0 Å². The van der Waals surface area contributed by atoms with Gasteiger partial charge in [-0.3, -0.25) is 9.69 Å². The Kier molecular flexibility index (Phi) is 3.89. The van der Waals surface area contributed by atoms with Crippen LogP contribution in [0.25, 0.3) is 0 Å². The Morgan fingerprint density at radius 1 is 1.29 bits per heavy atom. The fraction of sp³-hybridized carbons (Fsp3) is 0.588. The predicted octanol–water partition coefficient (Wildman–Crippen LogP) is 2.34. The third-order valence-electron chi connectivity index (χ3n) is 4.66. The maximum absolute atomic E-state index is 11.8. The van der Waals surface area contributed by atoms with Gasteiger partial charge in [0.2, 0.25) is 5.91 Å². The fourth-order valence-corrected chi connectivity index (χ4v) is 3.12. The average Bonchev–Trinajstić information content (AvgIpc) is 3.30. The minimum atomic E-state index is 0.0961. The highest BCUT2D eigenvalue weighted by atomic mass is 16.5. The van der Waals surface area contributed by atoms with Crippen molar-refractivity contribution in [1.82, 2.24) is 10.2 Å². The minimum absolute atomic E-state index is 0.0961. The van der Waals surface area contributed by atoms with Crippen LogP contribution in [0.1, 0.15) is 42.0 Å². The first-order valence-corrected chi connectivity index (χ1v) is 7.80. The number of nitrogens with zero attached hydrogens (tertiary/aromatic N) is 1. The molecule has 0 saturated heterocycles. The molecule has 4 nitrogen and oxygen atoms in total. The number of fused-ring (bicyclic) bond motifs is 1. The highest BCUT2D eigenvalue weighted by molar-refractivity contribution is 5.77. The van der Waals surface area contributed by atoms with Gasteiger partial charge in [-0.05, 0) is 43.9 Å². The molecule has 2 aliphatic rings. The van der Waals surface area contributed by atoms with Crippen molar-refractivity contribution in [2.24, 2.45) is 0 Å². The van der Waals surface area contributed by atoms with Crippen molar-refractivity contribution in [1.29, 1.82) is 0 Å². The van der Waals surface area contributed by atoms with Gasteiger partial charge < -0.3 is 10.1 Å². The van der Waals surface area contributed by atoms with E-state index in [0.29, 0.717) is 18.6 Å². The number of carbonyl (C=O) groups is 1. The Bertz CT molecular complexity index is 552. The van der Waals surface area contributed by atoms with Crippen LogP contribution < -0.4 is 10.1 Å². The van der Waals surface area contributed by atoms with Crippen LogP contribution in [0.15, 0.2) is 12.1 Å². The molecule has 0 bridgehead atoms. The molecule has 21 heavy (non-hydrogen) atoms. The number of ether oxygens (including phenoxy) is 1. The lowest BCUT2D eigenvalue weighted by molar-refractivity contribution is -0.122. The van der Waals surface area contributed by atoms with Gasteiger partial charge in [-0.1, -0.05) is 6.07 Å². The van der Waals surface area contributed by atoms with Crippen LogP contribution >= 0.6 is 0 Å². The number of amides is 1. The quantitative estimate of drug-likeness (QED) is 0.924. The number of hydrogen-bond acceptors (Lipinski definition) is 3. The molecule has 1 atom stereocenters. The Balaban J connectivity index is 1.91. The van der Waals surface area contributed by atoms with E-state index in [4.69, 9.17) is 4.74 Å². The van der Waals surface area contributed by atoms with Crippen molar-refractivity contribution >= 4 is 5.91 Å². The molecule has 1 aliphatic carbocycles. The summed E-state index contributed by atoms with van der Waals surface area (Å²) in [6.45, 7) is 5.47. The molecule has 0 radical (unpaired) electrons. The summed E-state index contributed by atoms with van der Waals surface area (Å²) in [5.41, 5.74) is 3.80. The summed E-state index contributed by atoms with van der Waals surface area (Å²) in [6, 6.07) is 5.24. The summed E-state index contributed by atoms with van der Waals surface area (Å²) in [5, 5.41) is 2.75. The van der Waals surface area contributed by atoms with E-state index in [0.717, 1.165) is 18.8 Å². The Hall–Kier alpha value is -1.55. The second-order valence-corrected chi connectivity index (χ2v) is 6.20. The molecule has 1 aromatic carbocycles. The van der Waals surface area contributed by atoms with E-state index in [2.05, 4.69) is 36.2 Å². The molecular weight excluding hydrogens is 264 g/mol. The number of likely N-dealkylation sites (N-methyl/N-ethyl adjacent to an activating group) is 1. The van der Waals surface area contributed by atoms with Gasteiger partial charge in [0.25, 0.3) is 0 Å². The normalized spacial score (nSPS) is 20.9. The zero-order valence-corrected chi connectivity index (χ0v) is 13.1. The summed E-state index contributed by atoms with van der Waals surface area (Å²) in [6.07, 6.45) is 3.37. The standard InChI is InChI=1S/C17H24N2O2/c1-11-8-14-15(6-7-21-16(14)9-12(11)2)19(13-4-5-13)10-17(20)18-3/h8-9,13,15H,4-7,10H2,1-3H3,(H,18,20)/t15-/m1/s1. The fourth-order valence-electron chi connectivity index (χ4n) is 3.12. The first-order valence-electron chi connectivity index (χ1n) is 7.80. The van der Waals surface area contributed by atoms with Crippen molar-refractivity contribution in [3.05, 3.63) is 28.8 Å². The molecule has 1 N–H and O–H groups in total. The van der Waals surface area contributed by atoms with Crippen molar-refractivity contribution in [2.75, 3.05) is 20.2 Å². The smallest absolute Gasteiger partial charge is 0.233 e. The summed E-state index contributed by atoms with van der Waals surface area (Å²) in [5.74, 6) is 1.09. The van der Waals surface area contributed by atoms with Gasteiger partial charge in [0.15, 0.2) is 0 Å². The van der Waals surface area contributed by atoms with E-state index in [1.54, 1.807) is 7.05 Å². The molecule has 0 aromatic heterocycles. The molecule has 0 unspecified atom stereocenters. The lowest BCUT2D eigenvalue weighted by atomic mass is 9.94. The lowest BCUT2D eigenvalue weighted by Crippen LogP contribution is -2.41. The number of hydrogen-bond donors (Lipinski definition) is 1. The zero-order valence-electron chi connectivity index (χ0n) is 13.1. The molecule has 1 saturated carbocycles. The first-order chi connectivity index (χ1) is 10.1. The Labute approximate surface area is 126 Å². The summed E-state index contributed by atoms with van der Waals surface area (Å²) < 4.78 is 5.84. The zero-order chi connectivity index (χ0) is 15.0. The maximum Gasteiger partial charge on any atom is 0.233 e. The van der Waals surface area contributed by atoms with Crippen molar-refractivity contribution in [3.8, 4) is 5.75 Å². The summed E-state index contributed by atoms with van der Waals surface area (Å²) in [7, 11) is 1.71. The van der Waals surface area contributed by atoms with Gasteiger partial charge in [0, 0.05) is 31.1 Å². The molecule has 1 fully saturated rings. The average molecular weight is 288 g/mol. The monoisotopic (exact) mass is 288 g/mol. The number of rotatable bonds is 4. The first kappa shape index (κ1) is 14.4. The van der Waals surface area contributed by atoms with Crippen LogP contribution in [-0.4, -0.2) is 37.0 Å². The van der Waals surface area contributed by atoms with Crippen LogP contribution in [0.3, 0.4) is 0 Å². The molecule has 1 aromatic rings. The third kappa shape index (κ3) is 2.91. The molecule has 1 heterocycles. The van der Waals surface area contributed by atoms with Gasteiger partial charge in [-0.25, -0.2) is 0 Å². The third-order valence-corrected chi connectivity index (χ3v) is 4.66. The summed E-state index contributed by atoms with van der Waals surface area (Å²) in [4.78, 5) is 14.2. The van der Waals surface area contributed by atoms with E-state index in [9.17, 15) is 4.79 Å². The number of aryl methyl sites for hydroxylation is 2. The van der Waals surface area contributed by atoms with Crippen molar-refractivity contribution in [2.45, 2.75) is 45.2 Å². The van der Waals surface area contributed by atoms with Gasteiger partial charge in [-0.2, -0.15) is 0 Å². The molecular formula is C17H24N2O2. The highest BCUT2D eigenvalue weighted by Crippen LogP contribution is 2.42. The van der Waals surface area contributed by atoms with Crippen LogP contribution in [0.4, 0.5) is 0 Å². The predicted molar refractivity (Wildman–Crippen MR) is 82.6 cm³/mol. The van der Waals surface area contributed by atoms with E-state index < -0.39 is 0 Å². The largest absolute Gasteiger partial charge is 0.493 e. The SMILES string of the molecule is CNC(=O)CN(C1CC1)[C@@H]1CCOc2cc(C)c(C)cc21. The van der Waals surface area contributed by atoms with Gasteiger partial charge in [0.05, 0.1) is 13.2 Å². The van der Waals surface area contributed by atoms with Gasteiger partial charge >= 0.3 is 0 Å². The topological polar surface area (TPSA) is 41.6 Å². The van der Waals surface area contributed by atoms with Crippen LogP contribution in [0, 0.1) is 13.8 Å². The van der Waals surface area contributed by atoms with Crippen LogP contribution in [-0.2, 0) is 4.79 Å². The Morgan fingerprint density at radius 2 is 2.00 bits per heavy atom. The van der Waals surface area contributed by atoms with Gasteiger partial charge in [-0.15, -0.1) is 0 Å². The van der Waals surface area contributed by atoms with Crippen molar-refractivity contribution in [3.63, 3.8) is 0 Å². The van der Waals surface area contributed by atoms with Crippen molar-refractivity contribution < 1.29 is 9.53 Å². The highest BCUT2D eigenvalue weighted by Gasteiger charge is 2.38. The molecule has 114 valence electrons. The summed E-state index contributed by atoms with van der Waals surface area (Å²) >= 11 is 0. The number of benzene rings is 1. The number of carbonyl (C=O) groups excluding carboxylic acids is 1. The van der Waals surface area contributed by atoms with E-state index in [1.165, 1.54) is 29.5 Å². The number of nitrogens with one attached hydrogen (secondary N) is 1. The minimum Gasteiger partial charge on any atom is -0.493 e. The Morgan fingerprint density at radius 3 is 2.67 bits per heavy atom. The maximum atomic E-state index is 11.8.